The molecule has 0 aliphatic rings. The van der Waals surface area contributed by atoms with Gasteiger partial charge in [0.05, 0.1) is 6.07 Å². The van der Waals surface area contributed by atoms with Gasteiger partial charge in [0, 0.05) is 12.3 Å². The zero-order chi connectivity index (χ0) is 12.8. The molecule has 2 unspecified atom stereocenters. The largest absolute Gasteiger partial charge is 0.198 e. The minimum Gasteiger partial charge on any atom is -0.198 e. The summed E-state index contributed by atoms with van der Waals surface area (Å²) in [6, 6.07) is 23.0. The van der Waals surface area contributed by atoms with Gasteiger partial charge in [0.25, 0.3) is 0 Å². The van der Waals surface area contributed by atoms with Crippen LogP contribution in [0.5, 0.6) is 0 Å². The average molecular weight is 235 g/mol. The summed E-state index contributed by atoms with van der Waals surface area (Å²) in [5, 5.41) is 9.04. The van der Waals surface area contributed by atoms with Gasteiger partial charge in [-0.3, -0.25) is 0 Å². The van der Waals surface area contributed by atoms with Crippen molar-refractivity contribution < 1.29 is 0 Å². The van der Waals surface area contributed by atoms with E-state index in [-0.39, 0.29) is 5.92 Å². The second kappa shape index (κ2) is 6.02. The zero-order valence-electron chi connectivity index (χ0n) is 10.6. The van der Waals surface area contributed by atoms with E-state index in [0.717, 1.165) is 0 Å². The van der Waals surface area contributed by atoms with E-state index in [1.165, 1.54) is 11.1 Å². The molecule has 0 aromatic heterocycles. The van der Waals surface area contributed by atoms with Crippen LogP contribution in [0, 0.1) is 11.3 Å². The first-order chi connectivity index (χ1) is 8.83. The molecule has 90 valence electrons. The molecule has 2 aromatic rings. The van der Waals surface area contributed by atoms with Gasteiger partial charge in [0.2, 0.25) is 0 Å². The molecule has 0 spiro atoms. The SMILES string of the molecule is CC(c1ccccc1)C(CC#N)c1ccccc1. The summed E-state index contributed by atoms with van der Waals surface area (Å²) in [5.41, 5.74) is 2.54. The van der Waals surface area contributed by atoms with E-state index in [1.54, 1.807) is 0 Å². The molecule has 0 amide bonds. The number of rotatable bonds is 4. The molecule has 0 aliphatic carbocycles. The molecule has 0 radical (unpaired) electrons. The predicted molar refractivity (Wildman–Crippen MR) is 74.3 cm³/mol. The van der Waals surface area contributed by atoms with E-state index < -0.39 is 0 Å². The van der Waals surface area contributed by atoms with Gasteiger partial charge in [-0.2, -0.15) is 5.26 Å². The van der Waals surface area contributed by atoms with E-state index in [0.29, 0.717) is 12.3 Å². The number of nitriles is 1. The Labute approximate surface area is 109 Å². The normalized spacial score (nSPS) is 13.6. The van der Waals surface area contributed by atoms with Crippen LogP contribution in [0.15, 0.2) is 60.7 Å². The maximum Gasteiger partial charge on any atom is 0.0628 e. The monoisotopic (exact) mass is 235 g/mol. The fraction of sp³-hybridized carbons (Fsp3) is 0.235. The fourth-order valence-corrected chi connectivity index (χ4v) is 2.37. The van der Waals surface area contributed by atoms with Crippen molar-refractivity contribution in [2.75, 3.05) is 0 Å². The van der Waals surface area contributed by atoms with Gasteiger partial charge in [0.1, 0.15) is 0 Å². The summed E-state index contributed by atoms with van der Waals surface area (Å²) in [6.45, 7) is 2.20. The van der Waals surface area contributed by atoms with Crippen LogP contribution in [0.4, 0.5) is 0 Å². The standard InChI is InChI=1S/C17H17N/c1-14(15-8-4-2-5-9-15)17(12-13-18)16-10-6-3-7-11-16/h2-11,14,17H,12H2,1H3. The predicted octanol–water partition coefficient (Wildman–Crippen LogP) is 4.49. The lowest BCUT2D eigenvalue weighted by Gasteiger charge is -2.22. The molecule has 0 aliphatic heterocycles. The van der Waals surface area contributed by atoms with E-state index in [2.05, 4.69) is 49.4 Å². The van der Waals surface area contributed by atoms with Crippen molar-refractivity contribution in [2.24, 2.45) is 0 Å². The van der Waals surface area contributed by atoms with Crippen molar-refractivity contribution >= 4 is 0 Å². The van der Waals surface area contributed by atoms with Crippen molar-refractivity contribution in [3.63, 3.8) is 0 Å². The molecule has 0 fully saturated rings. The zero-order valence-corrected chi connectivity index (χ0v) is 10.6. The van der Waals surface area contributed by atoms with E-state index in [4.69, 9.17) is 5.26 Å². The van der Waals surface area contributed by atoms with Gasteiger partial charge < -0.3 is 0 Å². The maximum atomic E-state index is 9.04. The second-order valence-electron chi connectivity index (χ2n) is 4.58. The number of nitrogens with zero attached hydrogens (tertiary/aromatic N) is 1. The van der Waals surface area contributed by atoms with Gasteiger partial charge >= 0.3 is 0 Å². The van der Waals surface area contributed by atoms with Crippen LogP contribution in [-0.2, 0) is 0 Å². The van der Waals surface area contributed by atoms with E-state index >= 15 is 0 Å². The third-order valence-corrected chi connectivity index (χ3v) is 3.47. The number of hydrogen-bond donors (Lipinski definition) is 0. The van der Waals surface area contributed by atoms with Crippen LogP contribution in [0.3, 0.4) is 0 Å². The Kier molecular flexibility index (Phi) is 4.15. The molecule has 2 aromatic carbocycles. The fourth-order valence-electron chi connectivity index (χ4n) is 2.37. The summed E-state index contributed by atoms with van der Waals surface area (Å²) < 4.78 is 0. The summed E-state index contributed by atoms with van der Waals surface area (Å²) in [7, 11) is 0. The van der Waals surface area contributed by atoms with Crippen molar-refractivity contribution in [3.8, 4) is 6.07 Å². The van der Waals surface area contributed by atoms with Crippen LogP contribution in [-0.4, -0.2) is 0 Å². The first kappa shape index (κ1) is 12.4. The molecular weight excluding hydrogens is 218 g/mol. The molecule has 18 heavy (non-hydrogen) atoms. The van der Waals surface area contributed by atoms with Gasteiger partial charge in [0.15, 0.2) is 0 Å². The van der Waals surface area contributed by atoms with Crippen LogP contribution in [0.25, 0.3) is 0 Å². The Morgan fingerprint density at radius 2 is 1.39 bits per heavy atom. The average Bonchev–Trinajstić information content (AvgIpc) is 2.46. The molecule has 2 atom stereocenters. The third kappa shape index (κ3) is 2.78. The molecular formula is C17H17N. The minimum absolute atomic E-state index is 0.263. The van der Waals surface area contributed by atoms with Crippen molar-refractivity contribution in [3.05, 3.63) is 71.8 Å². The summed E-state index contributed by atoms with van der Waals surface area (Å²) in [6.07, 6.45) is 0.556. The number of hydrogen-bond acceptors (Lipinski definition) is 1. The van der Waals surface area contributed by atoms with Gasteiger partial charge in [-0.1, -0.05) is 67.6 Å². The first-order valence-electron chi connectivity index (χ1n) is 6.29. The van der Waals surface area contributed by atoms with Gasteiger partial charge in [-0.15, -0.1) is 0 Å². The van der Waals surface area contributed by atoms with Crippen molar-refractivity contribution in [1.29, 1.82) is 5.26 Å². The smallest absolute Gasteiger partial charge is 0.0628 e. The highest BCUT2D eigenvalue weighted by molar-refractivity contribution is 5.28. The maximum absolute atomic E-state index is 9.04. The van der Waals surface area contributed by atoms with Crippen LogP contribution in [0.2, 0.25) is 0 Å². The highest BCUT2D eigenvalue weighted by Crippen LogP contribution is 2.34. The topological polar surface area (TPSA) is 23.8 Å². The molecule has 0 saturated carbocycles. The molecule has 2 rings (SSSR count). The minimum atomic E-state index is 0.263. The second-order valence-corrected chi connectivity index (χ2v) is 4.58. The van der Waals surface area contributed by atoms with E-state index in [9.17, 15) is 0 Å². The Bertz CT molecular complexity index is 510. The first-order valence-corrected chi connectivity index (χ1v) is 6.29. The van der Waals surface area contributed by atoms with Crippen molar-refractivity contribution in [1.82, 2.24) is 0 Å². The Morgan fingerprint density at radius 1 is 0.889 bits per heavy atom. The lowest BCUT2D eigenvalue weighted by Crippen LogP contribution is -2.08. The van der Waals surface area contributed by atoms with Crippen LogP contribution >= 0.6 is 0 Å². The quantitative estimate of drug-likeness (QED) is 0.766. The molecule has 1 nitrogen and oxygen atoms in total. The Balaban J connectivity index is 2.29. The Hall–Kier alpha value is -2.07. The van der Waals surface area contributed by atoms with E-state index in [1.807, 2.05) is 24.3 Å². The van der Waals surface area contributed by atoms with Gasteiger partial charge in [-0.05, 0) is 17.0 Å². The van der Waals surface area contributed by atoms with Crippen molar-refractivity contribution in [2.45, 2.75) is 25.2 Å². The molecule has 0 saturated heterocycles. The molecule has 1 heteroatoms. The van der Waals surface area contributed by atoms with Crippen LogP contribution in [0.1, 0.15) is 36.3 Å². The summed E-state index contributed by atoms with van der Waals surface area (Å²) in [4.78, 5) is 0. The highest BCUT2D eigenvalue weighted by Gasteiger charge is 2.20. The number of benzene rings is 2. The lowest BCUT2D eigenvalue weighted by molar-refractivity contribution is 0.586. The lowest BCUT2D eigenvalue weighted by atomic mass is 9.81. The molecule has 0 bridgehead atoms. The molecule has 0 heterocycles. The van der Waals surface area contributed by atoms with Crippen LogP contribution < -0.4 is 0 Å². The highest BCUT2D eigenvalue weighted by atomic mass is 14.3. The van der Waals surface area contributed by atoms with Gasteiger partial charge in [-0.25, -0.2) is 0 Å². The summed E-state index contributed by atoms with van der Waals surface area (Å²) >= 11 is 0. The third-order valence-electron chi connectivity index (χ3n) is 3.47. The Morgan fingerprint density at radius 3 is 1.89 bits per heavy atom. The summed E-state index contributed by atoms with van der Waals surface area (Å²) in [5.74, 6) is 0.617. The molecule has 0 N–H and O–H groups in total.